The first kappa shape index (κ1) is 12.5. The summed E-state index contributed by atoms with van der Waals surface area (Å²) in [5, 5.41) is 5.13. The van der Waals surface area contributed by atoms with Gasteiger partial charge in [0.05, 0.1) is 11.3 Å². The van der Waals surface area contributed by atoms with Crippen molar-refractivity contribution >= 4 is 17.8 Å². The summed E-state index contributed by atoms with van der Waals surface area (Å²) < 4.78 is 0. The van der Waals surface area contributed by atoms with Crippen LogP contribution in [-0.4, -0.2) is 28.3 Å². The van der Waals surface area contributed by atoms with Crippen molar-refractivity contribution in [3.63, 3.8) is 0 Å². The Morgan fingerprint density at radius 3 is 3.00 bits per heavy atom. The second-order valence-corrected chi connectivity index (χ2v) is 4.48. The molecule has 6 nitrogen and oxygen atoms in total. The maximum atomic E-state index is 11.8. The Bertz CT molecular complexity index is 487. The Morgan fingerprint density at radius 1 is 1.50 bits per heavy atom. The van der Waals surface area contributed by atoms with E-state index >= 15 is 0 Å². The van der Waals surface area contributed by atoms with Gasteiger partial charge in [-0.2, -0.15) is 0 Å². The average molecular weight is 248 g/mol. The molecule has 2 N–H and O–H groups in total. The minimum absolute atomic E-state index is 0.0771. The Balaban J connectivity index is 2.19. The lowest BCUT2D eigenvalue weighted by Gasteiger charge is -2.19. The smallest absolute Gasteiger partial charge is 0.321 e. The third kappa shape index (κ3) is 2.64. The van der Waals surface area contributed by atoms with Crippen LogP contribution < -0.4 is 10.6 Å². The van der Waals surface area contributed by atoms with E-state index < -0.39 is 0 Å². The van der Waals surface area contributed by atoms with E-state index in [-0.39, 0.29) is 23.7 Å². The van der Waals surface area contributed by atoms with Crippen LogP contribution in [0, 0.1) is 5.92 Å². The number of ketones is 1. The number of hydrogen-bond donors (Lipinski definition) is 2. The van der Waals surface area contributed by atoms with Crippen LogP contribution in [0.25, 0.3) is 0 Å². The number of carbonyl (C=O) groups excluding carboxylic acids is 2. The fraction of sp³-hybridized carbons (Fsp3) is 0.500. The van der Waals surface area contributed by atoms with Crippen LogP contribution in [0.5, 0.6) is 0 Å². The van der Waals surface area contributed by atoms with E-state index in [1.165, 1.54) is 6.20 Å². The standard InChI is InChI=1S/C12H16N4O2/c1-3-13-12(18)16-11-14-6-8-9(15-11)4-7(2)5-10(8)17/h6-7H,3-5H2,1-2H3,(H2,13,14,15,16,18). The number of fused-ring (bicyclic) bond motifs is 1. The largest absolute Gasteiger partial charge is 0.338 e. The minimum atomic E-state index is -0.340. The summed E-state index contributed by atoms with van der Waals surface area (Å²) in [6.45, 7) is 4.37. The van der Waals surface area contributed by atoms with E-state index in [4.69, 9.17) is 0 Å². The molecule has 0 saturated heterocycles. The average Bonchev–Trinajstić information content (AvgIpc) is 2.28. The Labute approximate surface area is 105 Å². The van der Waals surface area contributed by atoms with Gasteiger partial charge in [0, 0.05) is 19.2 Å². The van der Waals surface area contributed by atoms with Crippen LogP contribution in [-0.2, 0) is 6.42 Å². The van der Waals surface area contributed by atoms with Gasteiger partial charge in [-0.15, -0.1) is 0 Å². The predicted octanol–water partition coefficient (Wildman–Crippen LogP) is 1.38. The molecule has 96 valence electrons. The van der Waals surface area contributed by atoms with E-state index in [0.29, 0.717) is 18.5 Å². The molecule has 18 heavy (non-hydrogen) atoms. The summed E-state index contributed by atoms with van der Waals surface area (Å²) in [6.07, 6.45) is 2.78. The highest BCUT2D eigenvalue weighted by atomic mass is 16.2. The van der Waals surface area contributed by atoms with Crippen LogP contribution in [0.4, 0.5) is 10.7 Å². The van der Waals surface area contributed by atoms with Gasteiger partial charge >= 0.3 is 6.03 Å². The molecule has 0 saturated carbocycles. The molecule has 1 aliphatic rings. The first-order valence-corrected chi connectivity index (χ1v) is 6.04. The number of carbonyl (C=O) groups is 2. The van der Waals surface area contributed by atoms with Gasteiger partial charge in [0.1, 0.15) is 0 Å². The summed E-state index contributed by atoms with van der Waals surface area (Å²) in [7, 11) is 0. The zero-order valence-corrected chi connectivity index (χ0v) is 10.5. The number of aromatic nitrogens is 2. The Morgan fingerprint density at radius 2 is 2.28 bits per heavy atom. The number of anilines is 1. The highest BCUT2D eigenvalue weighted by molar-refractivity contribution is 5.98. The molecule has 0 radical (unpaired) electrons. The van der Waals surface area contributed by atoms with Crippen LogP contribution >= 0.6 is 0 Å². The lowest BCUT2D eigenvalue weighted by Crippen LogP contribution is -2.29. The van der Waals surface area contributed by atoms with E-state index in [1.54, 1.807) is 0 Å². The molecule has 0 aromatic carbocycles. The number of rotatable bonds is 2. The van der Waals surface area contributed by atoms with Gasteiger partial charge in [-0.25, -0.2) is 14.8 Å². The van der Waals surface area contributed by atoms with Crippen molar-refractivity contribution in [2.75, 3.05) is 11.9 Å². The highest BCUT2D eigenvalue weighted by Gasteiger charge is 2.24. The van der Waals surface area contributed by atoms with Crippen LogP contribution in [0.15, 0.2) is 6.20 Å². The fourth-order valence-corrected chi connectivity index (χ4v) is 2.00. The Hall–Kier alpha value is -1.98. The maximum absolute atomic E-state index is 11.8. The molecular formula is C12H16N4O2. The zero-order valence-electron chi connectivity index (χ0n) is 10.5. The lowest BCUT2D eigenvalue weighted by molar-refractivity contribution is 0.0951. The molecule has 1 aromatic heterocycles. The Kier molecular flexibility index (Phi) is 3.55. The van der Waals surface area contributed by atoms with E-state index in [1.807, 2.05) is 13.8 Å². The zero-order chi connectivity index (χ0) is 13.1. The second kappa shape index (κ2) is 5.12. The molecule has 0 aliphatic heterocycles. The van der Waals surface area contributed by atoms with Crippen molar-refractivity contribution in [1.82, 2.24) is 15.3 Å². The van der Waals surface area contributed by atoms with Crippen molar-refractivity contribution < 1.29 is 9.59 Å². The summed E-state index contributed by atoms with van der Waals surface area (Å²) in [6, 6.07) is -0.340. The molecule has 1 atom stereocenters. The number of Topliss-reactive ketones (excluding diaryl/α,β-unsaturated/α-hetero) is 1. The lowest BCUT2D eigenvalue weighted by atomic mass is 9.88. The van der Waals surface area contributed by atoms with Gasteiger partial charge in [0.15, 0.2) is 5.78 Å². The van der Waals surface area contributed by atoms with Crippen LogP contribution in [0.2, 0.25) is 0 Å². The molecule has 0 bridgehead atoms. The molecular weight excluding hydrogens is 232 g/mol. The molecule has 0 spiro atoms. The molecule has 1 aromatic rings. The highest BCUT2D eigenvalue weighted by Crippen LogP contribution is 2.23. The number of amides is 2. The molecule has 1 aliphatic carbocycles. The third-order valence-corrected chi connectivity index (χ3v) is 2.81. The van der Waals surface area contributed by atoms with Crippen molar-refractivity contribution in [3.05, 3.63) is 17.5 Å². The summed E-state index contributed by atoms with van der Waals surface area (Å²) in [5.41, 5.74) is 1.30. The molecule has 1 unspecified atom stereocenters. The maximum Gasteiger partial charge on any atom is 0.321 e. The summed E-state index contributed by atoms with van der Waals surface area (Å²) >= 11 is 0. The van der Waals surface area contributed by atoms with Gasteiger partial charge in [-0.05, 0) is 19.3 Å². The third-order valence-electron chi connectivity index (χ3n) is 2.81. The predicted molar refractivity (Wildman–Crippen MR) is 66.5 cm³/mol. The van der Waals surface area contributed by atoms with E-state index in [9.17, 15) is 9.59 Å². The normalized spacial score (nSPS) is 18.1. The van der Waals surface area contributed by atoms with Gasteiger partial charge < -0.3 is 5.32 Å². The first-order chi connectivity index (χ1) is 8.60. The van der Waals surface area contributed by atoms with Gasteiger partial charge in [-0.1, -0.05) is 6.92 Å². The van der Waals surface area contributed by atoms with Crippen molar-refractivity contribution in [1.29, 1.82) is 0 Å². The first-order valence-electron chi connectivity index (χ1n) is 6.04. The minimum Gasteiger partial charge on any atom is -0.338 e. The van der Waals surface area contributed by atoms with Crippen molar-refractivity contribution in [2.45, 2.75) is 26.7 Å². The number of hydrogen-bond acceptors (Lipinski definition) is 4. The van der Waals surface area contributed by atoms with Gasteiger partial charge in [-0.3, -0.25) is 10.1 Å². The van der Waals surface area contributed by atoms with E-state index in [0.717, 1.165) is 12.1 Å². The second-order valence-electron chi connectivity index (χ2n) is 4.48. The molecule has 1 heterocycles. The van der Waals surface area contributed by atoms with Crippen LogP contribution in [0.1, 0.15) is 36.3 Å². The molecule has 6 heteroatoms. The molecule has 2 rings (SSSR count). The van der Waals surface area contributed by atoms with Crippen molar-refractivity contribution in [2.24, 2.45) is 5.92 Å². The van der Waals surface area contributed by atoms with Gasteiger partial charge in [0.25, 0.3) is 0 Å². The van der Waals surface area contributed by atoms with Crippen LogP contribution in [0.3, 0.4) is 0 Å². The fourth-order valence-electron chi connectivity index (χ4n) is 2.00. The summed E-state index contributed by atoms with van der Waals surface area (Å²) in [4.78, 5) is 31.3. The SMILES string of the molecule is CCNC(=O)Nc1ncc2c(n1)CC(C)CC2=O. The topological polar surface area (TPSA) is 84.0 Å². The quantitative estimate of drug-likeness (QED) is 0.828. The number of nitrogens with one attached hydrogen (secondary N) is 2. The number of nitrogens with zero attached hydrogens (tertiary/aromatic N) is 2. The van der Waals surface area contributed by atoms with Gasteiger partial charge in [0.2, 0.25) is 5.95 Å². The number of urea groups is 1. The van der Waals surface area contributed by atoms with Crippen molar-refractivity contribution in [3.8, 4) is 0 Å². The molecule has 2 amide bonds. The monoisotopic (exact) mass is 248 g/mol. The molecule has 0 fully saturated rings. The van der Waals surface area contributed by atoms with E-state index in [2.05, 4.69) is 20.6 Å². The summed E-state index contributed by atoms with van der Waals surface area (Å²) in [5.74, 6) is 0.604.